The quantitative estimate of drug-likeness (QED) is 0.919. The maximum absolute atomic E-state index is 12.0. The van der Waals surface area contributed by atoms with E-state index in [4.69, 9.17) is 16.3 Å². The first kappa shape index (κ1) is 12.7. The Bertz CT molecular complexity index is 726. The van der Waals surface area contributed by atoms with E-state index in [1.54, 1.807) is 31.4 Å². The number of fused-ring (bicyclic) bond motifs is 1. The molecule has 1 heterocycles. The van der Waals surface area contributed by atoms with Crippen LogP contribution in [0.4, 0.5) is 11.4 Å². The SMILES string of the molecule is COc1cccc(N=C2C(=O)Nc3ccc(Cl)cc32)c1. The Balaban J connectivity index is 2.08. The summed E-state index contributed by atoms with van der Waals surface area (Å²) in [6, 6.07) is 12.5. The first-order valence-electron chi connectivity index (χ1n) is 6.01. The Hall–Kier alpha value is -2.33. The monoisotopic (exact) mass is 286 g/mol. The third-order valence-corrected chi connectivity index (χ3v) is 3.23. The lowest BCUT2D eigenvalue weighted by Gasteiger charge is -2.01. The van der Waals surface area contributed by atoms with Crippen LogP contribution in [0.5, 0.6) is 5.75 Å². The minimum atomic E-state index is -0.231. The summed E-state index contributed by atoms with van der Waals surface area (Å²) in [4.78, 5) is 16.4. The van der Waals surface area contributed by atoms with Crippen LogP contribution in [0, 0.1) is 0 Å². The first-order valence-corrected chi connectivity index (χ1v) is 6.39. The molecule has 0 atom stereocenters. The summed E-state index contributed by atoms with van der Waals surface area (Å²) >= 11 is 5.97. The molecule has 2 aromatic rings. The van der Waals surface area contributed by atoms with E-state index in [1.807, 2.05) is 18.2 Å². The van der Waals surface area contributed by atoms with E-state index in [2.05, 4.69) is 10.3 Å². The number of carbonyl (C=O) groups excluding carboxylic acids is 1. The molecular weight excluding hydrogens is 276 g/mol. The summed E-state index contributed by atoms with van der Waals surface area (Å²) < 4.78 is 5.14. The lowest BCUT2D eigenvalue weighted by Crippen LogP contribution is -2.13. The van der Waals surface area contributed by atoms with Crippen LogP contribution in [0.25, 0.3) is 0 Å². The average Bonchev–Trinajstić information content (AvgIpc) is 2.75. The van der Waals surface area contributed by atoms with E-state index < -0.39 is 0 Å². The van der Waals surface area contributed by atoms with Crippen molar-refractivity contribution in [2.45, 2.75) is 0 Å². The van der Waals surface area contributed by atoms with Crippen LogP contribution >= 0.6 is 11.6 Å². The van der Waals surface area contributed by atoms with Crippen LogP contribution in [-0.2, 0) is 4.79 Å². The molecule has 0 aliphatic carbocycles. The zero-order chi connectivity index (χ0) is 14.1. The molecule has 0 unspecified atom stereocenters. The van der Waals surface area contributed by atoms with Gasteiger partial charge in [0.05, 0.1) is 18.5 Å². The predicted molar refractivity (Wildman–Crippen MR) is 79.3 cm³/mol. The van der Waals surface area contributed by atoms with Gasteiger partial charge in [-0.25, -0.2) is 4.99 Å². The predicted octanol–water partition coefficient (Wildman–Crippen LogP) is 3.42. The minimum absolute atomic E-state index is 0.231. The van der Waals surface area contributed by atoms with Gasteiger partial charge in [-0.05, 0) is 30.3 Å². The highest BCUT2D eigenvalue weighted by atomic mass is 35.5. The van der Waals surface area contributed by atoms with Gasteiger partial charge in [0.1, 0.15) is 11.5 Å². The maximum atomic E-state index is 12.0. The van der Waals surface area contributed by atoms with Gasteiger partial charge in [0.25, 0.3) is 5.91 Å². The molecular formula is C15H11ClN2O2. The van der Waals surface area contributed by atoms with Crippen molar-refractivity contribution in [3.63, 3.8) is 0 Å². The third kappa shape index (κ3) is 2.26. The van der Waals surface area contributed by atoms with Crippen molar-refractivity contribution >= 4 is 34.6 Å². The Morgan fingerprint density at radius 2 is 2.05 bits per heavy atom. The van der Waals surface area contributed by atoms with Gasteiger partial charge < -0.3 is 10.1 Å². The summed E-state index contributed by atoms with van der Waals surface area (Å²) in [6.07, 6.45) is 0. The summed E-state index contributed by atoms with van der Waals surface area (Å²) in [7, 11) is 1.59. The average molecular weight is 287 g/mol. The molecule has 100 valence electrons. The van der Waals surface area contributed by atoms with Gasteiger partial charge in [-0.15, -0.1) is 0 Å². The number of rotatable bonds is 2. The molecule has 0 fully saturated rings. The summed E-state index contributed by atoms with van der Waals surface area (Å²) in [5.74, 6) is 0.460. The molecule has 1 N–H and O–H groups in total. The smallest absolute Gasteiger partial charge is 0.275 e. The zero-order valence-electron chi connectivity index (χ0n) is 10.7. The highest BCUT2D eigenvalue weighted by Gasteiger charge is 2.26. The molecule has 1 amide bonds. The molecule has 0 radical (unpaired) electrons. The molecule has 4 nitrogen and oxygen atoms in total. The number of hydrogen-bond donors (Lipinski definition) is 1. The van der Waals surface area contributed by atoms with E-state index in [-0.39, 0.29) is 5.91 Å². The van der Waals surface area contributed by atoms with Crippen LogP contribution in [0.15, 0.2) is 47.5 Å². The summed E-state index contributed by atoms with van der Waals surface area (Å²) in [5, 5.41) is 3.33. The second kappa shape index (κ2) is 4.98. The number of aliphatic imine (C=N–C) groups is 1. The van der Waals surface area contributed by atoms with Gasteiger partial charge in [-0.3, -0.25) is 4.79 Å². The zero-order valence-corrected chi connectivity index (χ0v) is 11.4. The first-order chi connectivity index (χ1) is 9.67. The molecule has 1 aliphatic heterocycles. The lowest BCUT2D eigenvalue weighted by molar-refractivity contribution is -0.110. The molecule has 1 aliphatic rings. The molecule has 0 aromatic heterocycles. The van der Waals surface area contributed by atoms with Crippen molar-refractivity contribution in [3.05, 3.63) is 53.1 Å². The third-order valence-electron chi connectivity index (χ3n) is 2.99. The summed E-state index contributed by atoms with van der Waals surface area (Å²) in [5.41, 5.74) is 2.45. The second-order valence-corrected chi connectivity index (χ2v) is 4.74. The van der Waals surface area contributed by atoms with Crippen molar-refractivity contribution in [2.75, 3.05) is 12.4 Å². The number of benzene rings is 2. The second-order valence-electron chi connectivity index (χ2n) is 4.31. The highest BCUT2D eigenvalue weighted by molar-refractivity contribution is 6.54. The van der Waals surface area contributed by atoms with E-state index in [9.17, 15) is 4.79 Å². The number of ether oxygens (including phenoxy) is 1. The Morgan fingerprint density at radius 1 is 1.20 bits per heavy atom. The number of methoxy groups -OCH3 is 1. The Labute approximate surface area is 121 Å². The minimum Gasteiger partial charge on any atom is -0.497 e. The molecule has 3 rings (SSSR count). The molecule has 20 heavy (non-hydrogen) atoms. The normalized spacial score (nSPS) is 15.1. The van der Waals surface area contributed by atoms with Gasteiger partial charge in [-0.2, -0.15) is 0 Å². The van der Waals surface area contributed by atoms with E-state index in [0.29, 0.717) is 27.7 Å². The van der Waals surface area contributed by atoms with Crippen molar-refractivity contribution in [2.24, 2.45) is 4.99 Å². The van der Waals surface area contributed by atoms with Crippen molar-refractivity contribution < 1.29 is 9.53 Å². The fourth-order valence-corrected chi connectivity index (χ4v) is 2.22. The molecule has 5 heteroatoms. The Kier molecular flexibility index (Phi) is 3.16. The largest absolute Gasteiger partial charge is 0.497 e. The number of carbonyl (C=O) groups is 1. The van der Waals surface area contributed by atoms with Gasteiger partial charge >= 0.3 is 0 Å². The molecule has 2 aromatic carbocycles. The number of anilines is 1. The van der Waals surface area contributed by atoms with Crippen LogP contribution in [0.1, 0.15) is 5.56 Å². The Morgan fingerprint density at radius 3 is 2.85 bits per heavy atom. The molecule has 0 spiro atoms. The van der Waals surface area contributed by atoms with Crippen LogP contribution < -0.4 is 10.1 Å². The lowest BCUT2D eigenvalue weighted by atomic mass is 10.1. The van der Waals surface area contributed by atoms with Gasteiger partial charge in [0.2, 0.25) is 0 Å². The fourth-order valence-electron chi connectivity index (χ4n) is 2.05. The van der Waals surface area contributed by atoms with Crippen molar-refractivity contribution in [1.82, 2.24) is 0 Å². The van der Waals surface area contributed by atoms with Gasteiger partial charge in [-0.1, -0.05) is 17.7 Å². The van der Waals surface area contributed by atoms with E-state index >= 15 is 0 Å². The number of halogens is 1. The molecule has 0 bridgehead atoms. The fraction of sp³-hybridized carbons (Fsp3) is 0.0667. The number of hydrogen-bond acceptors (Lipinski definition) is 3. The highest BCUT2D eigenvalue weighted by Crippen LogP contribution is 2.29. The van der Waals surface area contributed by atoms with E-state index in [1.165, 1.54) is 0 Å². The summed E-state index contributed by atoms with van der Waals surface area (Å²) in [6.45, 7) is 0. The van der Waals surface area contributed by atoms with E-state index in [0.717, 1.165) is 5.69 Å². The van der Waals surface area contributed by atoms with Crippen LogP contribution in [0.2, 0.25) is 5.02 Å². The van der Waals surface area contributed by atoms with Crippen molar-refractivity contribution in [3.8, 4) is 5.75 Å². The maximum Gasteiger partial charge on any atom is 0.275 e. The van der Waals surface area contributed by atoms with Crippen LogP contribution in [0.3, 0.4) is 0 Å². The van der Waals surface area contributed by atoms with Gasteiger partial charge in [0, 0.05) is 16.7 Å². The standard InChI is InChI=1S/C15H11ClN2O2/c1-20-11-4-2-3-10(8-11)17-14-12-7-9(16)5-6-13(12)18-15(14)19/h2-8H,1H3,(H,17,18,19). The number of amides is 1. The molecule has 0 saturated carbocycles. The molecule has 0 saturated heterocycles. The number of nitrogens with zero attached hydrogens (tertiary/aromatic N) is 1. The van der Waals surface area contributed by atoms with Crippen molar-refractivity contribution in [1.29, 1.82) is 0 Å². The van der Waals surface area contributed by atoms with Crippen LogP contribution in [-0.4, -0.2) is 18.7 Å². The number of nitrogens with one attached hydrogen (secondary N) is 1. The van der Waals surface area contributed by atoms with Gasteiger partial charge in [0.15, 0.2) is 0 Å². The topological polar surface area (TPSA) is 50.7 Å².